The molecule has 0 radical (unpaired) electrons. The number of rotatable bonds is 8. The van der Waals surface area contributed by atoms with Gasteiger partial charge in [0.2, 0.25) is 5.91 Å². The third-order valence-electron chi connectivity index (χ3n) is 4.70. The lowest BCUT2D eigenvalue weighted by Gasteiger charge is -2.24. The summed E-state index contributed by atoms with van der Waals surface area (Å²) in [6.07, 6.45) is 2.90. The van der Waals surface area contributed by atoms with Crippen LogP contribution in [0.15, 0.2) is 24.3 Å². The van der Waals surface area contributed by atoms with E-state index >= 15 is 0 Å². The molecular formula is C20H32N2O3. The molecule has 2 rings (SSSR count). The second kappa shape index (κ2) is 9.90. The van der Waals surface area contributed by atoms with Crippen LogP contribution in [0.3, 0.4) is 0 Å². The first kappa shape index (κ1) is 19.9. The number of nitrogens with two attached hydrogens (primary N) is 1. The van der Waals surface area contributed by atoms with E-state index in [1.165, 1.54) is 12.0 Å². The summed E-state index contributed by atoms with van der Waals surface area (Å²) in [5.74, 6) is 0.362. The molecule has 3 atom stereocenters. The van der Waals surface area contributed by atoms with Crippen molar-refractivity contribution in [3.63, 3.8) is 0 Å². The number of hydrogen-bond acceptors (Lipinski definition) is 4. The van der Waals surface area contributed by atoms with Gasteiger partial charge in [-0.1, -0.05) is 38.1 Å². The molecule has 3 N–H and O–H groups in total. The van der Waals surface area contributed by atoms with Gasteiger partial charge in [-0.3, -0.25) is 4.79 Å². The predicted octanol–water partition coefficient (Wildman–Crippen LogP) is 2.90. The fourth-order valence-corrected chi connectivity index (χ4v) is 2.87. The first-order valence-corrected chi connectivity index (χ1v) is 9.33. The molecular weight excluding hydrogens is 316 g/mol. The van der Waals surface area contributed by atoms with E-state index in [-0.39, 0.29) is 18.1 Å². The SMILES string of the molecule is CC(OCC1CCCCO1)C(=O)NCC(N)c1ccc(C(C)C)cc1. The van der Waals surface area contributed by atoms with Gasteiger partial charge in [-0.05, 0) is 43.2 Å². The molecule has 25 heavy (non-hydrogen) atoms. The summed E-state index contributed by atoms with van der Waals surface area (Å²) in [4.78, 5) is 12.2. The number of hydrogen-bond donors (Lipinski definition) is 2. The molecule has 5 heteroatoms. The van der Waals surface area contributed by atoms with Crippen molar-refractivity contribution >= 4 is 5.91 Å². The zero-order valence-electron chi connectivity index (χ0n) is 15.7. The van der Waals surface area contributed by atoms with Crippen molar-refractivity contribution in [3.05, 3.63) is 35.4 Å². The zero-order valence-corrected chi connectivity index (χ0v) is 15.7. The Hall–Kier alpha value is -1.43. The number of ether oxygens (including phenoxy) is 2. The number of amides is 1. The van der Waals surface area contributed by atoms with Gasteiger partial charge >= 0.3 is 0 Å². The Bertz CT molecular complexity index is 524. The van der Waals surface area contributed by atoms with E-state index in [0.29, 0.717) is 19.1 Å². The normalized spacial score (nSPS) is 20.3. The highest BCUT2D eigenvalue weighted by molar-refractivity contribution is 5.80. The number of carbonyl (C=O) groups is 1. The molecule has 1 saturated heterocycles. The average molecular weight is 348 g/mol. The Morgan fingerprint density at radius 3 is 2.52 bits per heavy atom. The van der Waals surface area contributed by atoms with Crippen molar-refractivity contribution < 1.29 is 14.3 Å². The Labute approximate surface area is 151 Å². The molecule has 1 aromatic rings. The molecule has 5 nitrogen and oxygen atoms in total. The van der Waals surface area contributed by atoms with Gasteiger partial charge in [-0.25, -0.2) is 0 Å². The van der Waals surface area contributed by atoms with E-state index in [9.17, 15) is 4.79 Å². The summed E-state index contributed by atoms with van der Waals surface area (Å²) < 4.78 is 11.3. The quantitative estimate of drug-likeness (QED) is 0.757. The largest absolute Gasteiger partial charge is 0.376 e. The summed E-state index contributed by atoms with van der Waals surface area (Å²) >= 11 is 0. The van der Waals surface area contributed by atoms with Gasteiger partial charge in [0, 0.05) is 19.2 Å². The van der Waals surface area contributed by atoms with Gasteiger partial charge in [-0.15, -0.1) is 0 Å². The average Bonchev–Trinajstić information content (AvgIpc) is 2.64. The maximum atomic E-state index is 12.2. The van der Waals surface area contributed by atoms with Crippen molar-refractivity contribution in [1.29, 1.82) is 0 Å². The van der Waals surface area contributed by atoms with Gasteiger partial charge in [0.05, 0.1) is 12.7 Å². The lowest BCUT2D eigenvalue weighted by Crippen LogP contribution is -2.40. The summed E-state index contributed by atoms with van der Waals surface area (Å²) in [6, 6.07) is 8.04. The fourth-order valence-electron chi connectivity index (χ4n) is 2.87. The van der Waals surface area contributed by atoms with Crippen molar-refractivity contribution in [2.24, 2.45) is 5.73 Å². The van der Waals surface area contributed by atoms with Gasteiger partial charge < -0.3 is 20.5 Å². The van der Waals surface area contributed by atoms with Crippen molar-refractivity contribution in [2.75, 3.05) is 19.8 Å². The Kier molecular flexibility index (Phi) is 7.88. The van der Waals surface area contributed by atoms with Crippen LogP contribution >= 0.6 is 0 Å². The van der Waals surface area contributed by atoms with E-state index < -0.39 is 6.10 Å². The molecule has 0 spiro atoms. The standard InChI is InChI=1S/C20H32N2O3/c1-14(2)16-7-9-17(10-8-16)19(21)12-22-20(23)15(3)25-13-18-6-4-5-11-24-18/h7-10,14-15,18-19H,4-6,11-13,21H2,1-3H3,(H,22,23). The maximum Gasteiger partial charge on any atom is 0.248 e. The maximum absolute atomic E-state index is 12.2. The molecule has 1 heterocycles. The fraction of sp³-hybridized carbons (Fsp3) is 0.650. The predicted molar refractivity (Wildman–Crippen MR) is 99.5 cm³/mol. The smallest absolute Gasteiger partial charge is 0.248 e. The molecule has 1 fully saturated rings. The summed E-state index contributed by atoms with van der Waals surface area (Å²) in [5, 5.41) is 2.88. The molecule has 1 amide bonds. The van der Waals surface area contributed by atoms with Crippen LogP contribution in [-0.2, 0) is 14.3 Å². The van der Waals surface area contributed by atoms with E-state index in [1.807, 2.05) is 12.1 Å². The number of carbonyl (C=O) groups excluding carboxylic acids is 1. The van der Waals surface area contributed by atoms with Crippen LogP contribution < -0.4 is 11.1 Å². The monoisotopic (exact) mass is 348 g/mol. The van der Waals surface area contributed by atoms with Crippen LogP contribution in [0, 0.1) is 0 Å². The molecule has 1 aromatic carbocycles. The lowest BCUT2D eigenvalue weighted by atomic mass is 9.99. The summed E-state index contributed by atoms with van der Waals surface area (Å²) in [6.45, 7) is 7.74. The molecule has 0 saturated carbocycles. The lowest BCUT2D eigenvalue weighted by molar-refractivity contribution is -0.135. The highest BCUT2D eigenvalue weighted by Crippen LogP contribution is 2.17. The van der Waals surface area contributed by atoms with Gasteiger partial charge in [0.1, 0.15) is 6.10 Å². The van der Waals surface area contributed by atoms with Crippen molar-refractivity contribution in [2.45, 2.75) is 64.2 Å². The van der Waals surface area contributed by atoms with Crippen LogP contribution in [0.25, 0.3) is 0 Å². The minimum Gasteiger partial charge on any atom is -0.376 e. The Morgan fingerprint density at radius 2 is 1.92 bits per heavy atom. The van der Waals surface area contributed by atoms with Crippen LogP contribution in [0.5, 0.6) is 0 Å². The summed E-state index contributed by atoms with van der Waals surface area (Å²) in [5.41, 5.74) is 8.49. The molecule has 3 unspecified atom stereocenters. The van der Waals surface area contributed by atoms with Gasteiger partial charge in [0.15, 0.2) is 0 Å². The Morgan fingerprint density at radius 1 is 1.24 bits per heavy atom. The molecule has 1 aliphatic heterocycles. The molecule has 0 aromatic heterocycles. The van der Waals surface area contributed by atoms with E-state index in [1.54, 1.807) is 6.92 Å². The highest BCUT2D eigenvalue weighted by Gasteiger charge is 2.19. The van der Waals surface area contributed by atoms with Gasteiger partial charge in [0.25, 0.3) is 0 Å². The third kappa shape index (κ3) is 6.42. The van der Waals surface area contributed by atoms with Crippen LogP contribution in [0.4, 0.5) is 0 Å². The van der Waals surface area contributed by atoms with Crippen LogP contribution in [-0.4, -0.2) is 37.9 Å². The molecule has 0 aliphatic carbocycles. The molecule has 140 valence electrons. The van der Waals surface area contributed by atoms with E-state index in [4.69, 9.17) is 15.2 Å². The van der Waals surface area contributed by atoms with Crippen LogP contribution in [0.2, 0.25) is 0 Å². The molecule has 0 bridgehead atoms. The van der Waals surface area contributed by atoms with E-state index in [2.05, 4.69) is 31.3 Å². The highest BCUT2D eigenvalue weighted by atomic mass is 16.5. The van der Waals surface area contributed by atoms with Crippen molar-refractivity contribution in [3.8, 4) is 0 Å². The van der Waals surface area contributed by atoms with Crippen LogP contribution in [0.1, 0.15) is 63.1 Å². The third-order valence-corrected chi connectivity index (χ3v) is 4.70. The second-order valence-corrected chi connectivity index (χ2v) is 7.14. The van der Waals surface area contributed by atoms with E-state index in [0.717, 1.165) is 25.0 Å². The van der Waals surface area contributed by atoms with Crippen molar-refractivity contribution in [1.82, 2.24) is 5.32 Å². The first-order valence-electron chi connectivity index (χ1n) is 9.33. The first-order chi connectivity index (χ1) is 12.0. The molecule has 1 aliphatic rings. The number of benzene rings is 1. The topological polar surface area (TPSA) is 73.6 Å². The van der Waals surface area contributed by atoms with Gasteiger partial charge in [-0.2, -0.15) is 0 Å². The minimum absolute atomic E-state index is 0.116. The minimum atomic E-state index is -0.499. The Balaban J connectivity index is 1.72. The second-order valence-electron chi connectivity index (χ2n) is 7.14. The zero-order chi connectivity index (χ0) is 18.2. The summed E-state index contributed by atoms with van der Waals surface area (Å²) in [7, 11) is 0. The number of nitrogens with one attached hydrogen (secondary N) is 1.